The van der Waals surface area contributed by atoms with Crippen molar-refractivity contribution in [2.75, 3.05) is 5.73 Å². The number of nitrogens with two attached hydrogens (primary N) is 1. The highest BCUT2D eigenvalue weighted by Crippen LogP contribution is 2.24. The third-order valence-corrected chi connectivity index (χ3v) is 3.61. The maximum absolute atomic E-state index is 11.6. The minimum absolute atomic E-state index is 0.0557. The highest BCUT2D eigenvalue weighted by atomic mass is 16.6. The largest absolute Gasteiger partial charge is 0.481 e. The number of non-ortho nitro benzene ring substituents is 1. The predicted octanol–water partition coefficient (Wildman–Crippen LogP) is 1.19. The summed E-state index contributed by atoms with van der Waals surface area (Å²) < 4.78 is 1.56. The van der Waals surface area contributed by atoms with Crippen LogP contribution in [0.1, 0.15) is 11.5 Å². The number of anilines is 1. The Balaban J connectivity index is 1.95. The second-order valence-corrected chi connectivity index (χ2v) is 5.07. The van der Waals surface area contributed by atoms with Crippen LogP contribution in [0.5, 0.6) is 0 Å². The fourth-order valence-electron chi connectivity index (χ4n) is 2.38. The zero-order chi connectivity index (χ0) is 17.3. The molecule has 1 unspecified atom stereocenters. The van der Waals surface area contributed by atoms with E-state index in [1.807, 2.05) is 0 Å². The summed E-state index contributed by atoms with van der Waals surface area (Å²) in [6.45, 7) is 0.0557. The molecule has 10 nitrogen and oxygen atoms in total. The van der Waals surface area contributed by atoms with Gasteiger partial charge in [0.15, 0.2) is 11.5 Å². The van der Waals surface area contributed by atoms with Gasteiger partial charge in [0, 0.05) is 18.7 Å². The van der Waals surface area contributed by atoms with Crippen molar-refractivity contribution in [3.8, 4) is 0 Å². The zero-order valence-electron chi connectivity index (χ0n) is 12.2. The molecule has 2 heterocycles. The molecule has 0 aliphatic rings. The quantitative estimate of drug-likeness (QED) is 0.523. The summed E-state index contributed by atoms with van der Waals surface area (Å²) in [5.41, 5.74) is 6.87. The predicted molar refractivity (Wildman–Crippen MR) is 83.2 cm³/mol. The van der Waals surface area contributed by atoms with Gasteiger partial charge in [0.2, 0.25) is 0 Å². The number of aromatic nitrogens is 4. The van der Waals surface area contributed by atoms with Crippen molar-refractivity contribution >= 4 is 28.6 Å². The molecular formula is C14H12N6O4. The molecule has 0 aliphatic heterocycles. The molecule has 3 aromatic rings. The number of carbonyl (C=O) groups is 1. The number of rotatable bonds is 5. The minimum Gasteiger partial charge on any atom is -0.481 e. The number of benzene rings is 1. The first-order valence-electron chi connectivity index (χ1n) is 6.86. The molecule has 10 heteroatoms. The van der Waals surface area contributed by atoms with Gasteiger partial charge in [-0.25, -0.2) is 15.0 Å². The summed E-state index contributed by atoms with van der Waals surface area (Å²) in [6.07, 6.45) is 2.72. The van der Waals surface area contributed by atoms with E-state index in [1.165, 1.54) is 36.9 Å². The molecule has 0 saturated carbocycles. The molecule has 0 aliphatic carbocycles. The number of aliphatic carboxylic acids is 1. The first-order chi connectivity index (χ1) is 11.5. The van der Waals surface area contributed by atoms with E-state index < -0.39 is 16.8 Å². The third kappa shape index (κ3) is 2.72. The number of carboxylic acids is 1. The molecule has 0 bridgehead atoms. The van der Waals surface area contributed by atoms with Crippen molar-refractivity contribution in [1.82, 2.24) is 19.5 Å². The van der Waals surface area contributed by atoms with Gasteiger partial charge < -0.3 is 15.4 Å². The fraction of sp³-hybridized carbons (Fsp3) is 0.143. The van der Waals surface area contributed by atoms with Crippen molar-refractivity contribution in [3.05, 3.63) is 52.6 Å². The molecule has 3 N–H and O–H groups in total. The van der Waals surface area contributed by atoms with Crippen LogP contribution in [-0.4, -0.2) is 35.5 Å². The SMILES string of the molecule is Nc1ncnc2c1ncn2CC(C(=O)O)c1ccc([N+](=O)[O-])cc1. The van der Waals surface area contributed by atoms with Crippen LogP contribution in [0.4, 0.5) is 11.5 Å². The van der Waals surface area contributed by atoms with Crippen LogP contribution in [0.15, 0.2) is 36.9 Å². The van der Waals surface area contributed by atoms with Crippen molar-refractivity contribution in [2.45, 2.75) is 12.5 Å². The number of carboxylic acid groups (broad SMARTS) is 1. The lowest BCUT2D eigenvalue weighted by molar-refractivity contribution is -0.384. The van der Waals surface area contributed by atoms with E-state index in [0.717, 1.165) is 0 Å². The Morgan fingerprint density at radius 1 is 1.29 bits per heavy atom. The lowest BCUT2D eigenvalue weighted by Gasteiger charge is -2.13. The van der Waals surface area contributed by atoms with Crippen LogP contribution in [0.2, 0.25) is 0 Å². The van der Waals surface area contributed by atoms with Crippen LogP contribution in [0.25, 0.3) is 11.2 Å². The zero-order valence-corrected chi connectivity index (χ0v) is 12.2. The Kier molecular flexibility index (Phi) is 3.78. The minimum atomic E-state index is -1.06. The molecule has 122 valence electrons. The van der Waals surface area contributed by atoms with Gasteiger partial charge >= 0.3 is 5.97 Å². The van der Waals surface area contributed by atoms with Gasteiger partial charge in [0.05, 0.1) is 17.2 Å². The second kappa shape index (κ2) is 5.91. The number of hydrogen-bond acceptors (Lipinski definition) is 7. The Hall–Kier alpha value is -3.56. The van der Waals surface area contributed by atoms with Crippen LogP contribution < -0.4 is 5.73 Å². The Bertz CT molecular complexity index is 921. The summed E-state index contributed by atoms with van der Waals surface area (Å²) in [6, 6.07) is 5.41. The van der Waals surface area contributed by atoms with Gasteiger partial charge in [0.1, 0.15) is 11.8 Å². The summed E-state index contributed by atoms with van der Waals surface area (Å²) in [5, 5.41) is 20.2. The summed E-state index contributed by atoms with van der Waals surface area (Å²) in [4.78, 5) is 33.8. The van der Waals surface area contributed by atoms with Crippen LogP contribution >= 0.6 is 0 Å². The van der Waals surface area contributed by atoms with Gasteiger partial charge in [-0.3, -0.25) is 14.9 Å². The van der Waals surface area contributed by atoms with E-state index in [1.54, 1.807) is 4.57 Å². The van der Waals surface area contributed by atoms with Gasteiger partial charge in [-0.05, 0) is 5.56 Å². The van der Waals surface area contributed by atoms with Crippen LogP contribution in [0, 0.1) is 10.1 Å². The van der Waals surface area contributed by atoms with Crippen LogP contribution in [0.3, 0.4) is 0 Å². The average molecular weight is 328 g/mol. The van der Waals surface area contributed by atoms with E-state index in [4.69, 9.17) is 5.73 Å². The lowest BCUT2D eigenvalue weighted by atomic mass is 9.99. The van der Waals surface area contributed by atoms with Crippen LogP contribution in [-0.2, 0) is 11.3 Å². The van der Waals surface area contributed by atoms with E-state index in [2.05, 4.69) is 15.0 Å². The molecule has 1 atom stereocenters. The lowest BCUT2D eigenvalue weighted by Crippen LogP contribution is -2.18. The summed E-state index contributed by atoms with van der Waals surface area (Å²) >= 11 is 0. The topological polar surface area (TPSA) is 150 Å². The molecule has 3 rings (SSSR count). The molecule has 0 saturated heterocycles. The fourth-order valence-corrected chi connectivity index (χ4v) is 2.38. The van der Waals surface area contributed by atoms with Gasteiger partial charge in [-0.15, -0.1) is 0 Å². The van der Waals surface area contributed by atoms with E-state index in [0.29, 0.717) is 16.7 Å². The molecule has 0 radical (unpaired) electrons. The van der Waals surface area contributed by atoms with Crippen molar-refractivity contribution in [1.29, 1.82) is 0 Å². The number of nitrogen functional groups attached to an aromatic ring is 1. The molecule has 2 aromatic heterocycles. The first kappa shape index (κ1) is 15.3. The third-order valence-electron chi connectivity index (χ3n) is 3.61. The molecule has 1 aromatic carbocycles. The molecule has 0 amide bonds. The highest BCUT2D eigenvalue weighted by Gasteiger charge is 2.23. The second-order valence-electron chi connectivity index (χ2n) is 5.07. The standard InChI is InChI=1S/C14H12N6O4/c15-12-11-13(17-6-16-12)19(7-18-11)5-10(14(21)22)8-1-3-9(4-2-8)20(23)24/h1-4,6-7,10H,5H2,(H,21,22)(H2,15,16,17). The van der Waals surface area contributed by atoms with Gasteiger partial charge in [-0.2, -0.15) is 0 Å². The number of nitro groups is 1. The normalized spacial score (nSPS) is 12.2. The number of fused-ring (bicyclic) bond motifs is 1. The van der Waals surface area contributed by atoms with Crippen molar-refractivity contribution in [3.63, 3.8) is 0 Å². The smallest absolute Gasteiger partial charge is 0.312 e. The maximum Gasteiger partial charge on any atom is 0.312 e. The summed E-state index contributed by atoms with van der Waals surface area (Å²) in [5.74, 6) is -1.77. The molecule has 0 spiro atoms. The number of imidazole rings is 1. The van der Waals surface area contributed by atoms with E-state index in [9.17, 15) is 20.0 Å². The molecule has 0 fully saturated rings. The Labute approximate surface area is 134 Å². The molecular weight excluding hydrogens is 316 g/mol. The Morgan fingerprint density at radius 3 is 2.62 bits per heavy atom. The number of nitro benzene ring substituents is 1. The van der Waals surface area contributed by atoms with Gasteiger partial charge in [-0.1, -0.05) is 12.1 Å². The average Bonchev–Trinajstić information content (AvgIpc) is 2.97. The number of hydrogen-bond donors (Lipinski definition) is 2. The van der Waals surface area contributed by atoms with Crippen molar-refractivity contribution < 1.29 is 14.8 Å². The summed E-state index contributed by atoms with van der Waals surface area (Å²) in [7, 11) is 0. The maximum atomic E-state index is 11.6. The monoisotopic (exact) mass is 328 g/mol. The van der Waals surface area contributed by atoms with Gasteiger partial charge in [0.25, 0.3) is 5.69 Å². The highest BCUT2D eigenvalue weighted by molar-refractivity contribution is 5.81. The Morgan fingerprint density at radius 2 is 2.00 bits per heavy atom. The first-order valence-corrected chi connectivity index (χ1v) is 6.86. The number of nitrogens with zero attached hydrogens (tertiary/aromatic N) is 5. The van der Waals surface area contributed by atoms with E-state index >= 15 is 0 Å². The van der Waals surface area contributed by atoms with E-state index in [-0.39, 0.29) is 18.1 Å². The molecule has 24 heavy (non-hydrogen) atoms. The van der Waals surface area contributed by atoms with Crippen molar-refractivity contribution in [2.24, 2.45) is 0 Å².